The van der Waals surface area contributed by atoms with Gasteiger partial charge in [-0.05, 0) is 6.92 Å². The summed E-state index contributed by atoms with van der Waals surface area (Å²) in [6, 6.07) is 0. The van der Waals surface area contributed by atoms with Crippen molar-refractivity contribution in [2.45, 2.75) is 24.4 Å². The monoisotopic (exact) mass is 287 g/mol. The topological polar surface area (TPSA) is 56.5 Å². The van der Waals surface area contributed by atoms with Crippen molar-refractivity contribution in [2.75, 3.05) is 0 Å². The van der Waals surface area contributed by atoms with Crippen LogP contribution in [-0.4, -0.2) is 24.4 Å². The Hall–Kier alpha value is -0.920. The third-order valence-corrected chi connectivity index (χ3v) is 4.02. The summed E-state index contributed by atoms with van der Waals surface area (Å²) in [6.45, 7) is 6.33. The zero-order valence-electron chi connectivity index (χ0n) is 9.13. The SMILES string of the molecule is C=CCn1c(C)nnc1SCc1nnsc1Cl. The van der Waals surface area contributed by atoms with Gasteiger partial charge in [-0.25, -0.2) is 0 Å². The highest BCUT2D eigenvalue weighted by Crippen LogP contribution is 2.26. The molecule has 0 unspecified atom stereocenters. The first kappa shape index (κ1) is 12.5. The second-order valence-electron chi connectivity index (χ2n) is 3.21. The maximum absolute atomic E-state index is 5.93. The van der Waals surface area contributed by atoms with Gasteiger partial charge in [-0.1, -0.05) is 33.9 Å². The molecule has 2 heterocycles. The summed E-state index contributed by atoms with van der Waals surface area (Å²) in [5.41, 5.74) is 0.785. The average molecular weight is 288 g/mol. The lowest BCUT2D eigenvalue weighted by Crippen LogP contribution is -2.00. The summed E-state index contributed by atoms with van der Waals surface area (Å²) in [5, 5.41) is 12.9. The van der Waals surface area contributed by atoms with Crippen LogP contribution in [0.3, 0.4) is 0 Å². The van der Waals surface area contributed by atoms with Crippen LogP contribution in [0.15, 0.2) is 17.8 Å². The van der Waals surface area contributed by atoms with E-state index in [4.69, 9.17) is 11.6 Å². The highest BCUT2D eigenvalue weighted by Gasteiger charge is 2.11. The summed E-state index contributed by atoms with van der Waals surface area (Å²) in [5.74, 6) is 1.51. The number of thioether (sulfide) groups is 1. The molecular weight excluding hydrogens is 278 g/mol. The molecule has 0 fully saturated rings. The average Bonchev–Trinajstić information content (AvgIpc) is 2.86. The Morgan fingerprint density at radius 1 is 1.47 bits per heavy atom. The second-order valence-corrected chi connectivity index (χ2v) is 5.51. The van der Waals surface area contributed by atoms with Crippen LogP contribution in [0.25, 0.3) is 0 Å². The molecule has 0 radical (unpaired) electrons. The lowest BCUT2D eigenvalue weighted by molar-refractivity contribution is 0.703. The van der Waals surface area contributed by atoms with Crippen molar-refractivity contribution >= 4 is 34.9 Å². The highest BCUT2D eigenvalue weighted by molar-refractivity contribution is 7.98. The fourth-order valence-electron chi connectivity index (χ4n) is 1.22. The molecule has 0 spiro atoms. The molecule has 0 amide bonds. The van der Waals surface area contributed by atoms with Gasteiger partial charge in [0.2, 0.25) is 0 Å². The van der Waals surface area contributed by atoms with Crippen molar-refractivity contribution in [2.24, 2.45) is 0 Å². The smallest absolute Gasteiger partial charge is 0.191 e. The molecule has 8 heteroatoms. The Balaban J connectivity index is 2.09. The Labute approximate surface area is 112 Å². The molecule has 2 aromatic rings. The quantitative estimate of drug-likeness (QED) is 0.625. The molecule has 0 aliphatic carbocycles. The van der Waals surface area contributed by atoms with Gasteiger partial charge < -0.3 is 4.57 Å². The molecule has 2 aromatic heterocycles. The zero-order chi connectivity index (χ0) is 12.3. The van der Waals surface area contributed by atoms with E-state index in [-0.39, 0.29) is 0 Å². The number of aryl methyl sites for hydroxylation is 1. The van der Waals surface area contributed by atoms with E-state index >= 15 is 0 Å². The van der Waals surface area contributed by atoms with E-state index in [9.17, 15) is 0 Å². The fraction of sp³-hybridized carbons (Fsp3) is 0.333. The highest BCUT2D eigenvalue weighted by atomic mass is 35.5. The van der Waals surface area contributed by atoms with E-state index in [2.05, 4.69) is 26.4 Å². The normalized spacial score (nSPS) is 10.7. The van der Waals surface area contributed by atoms with Gasteiger partial charge in [0.15, 0.2) is 5.16 Å². The van der Waals surface area contributed by atoms with E-state index < -0.39 is 0 Å². The first-order valence-electron chi connectivity index (χ1n) is 4.82. The molecule has 0 atom stereocenters. The second kappa shape index (κ2) is 5.61. The van der Waals surface area contributed by atoms with Crippen LogP contribution >= 0.6 is 34.9 Å². The minimum atomic E-state index is 0.629. The van der Waals surface area contributed by atoms with Crippen molar-refractivity contribution < 1.29 is 0 Å². The van der Waals surface area contributed by atoms with Crippen LogP contribution in [0, 0.1) is 6.92 Å². The van der Waals surface area contributed by atoms with Gasteiger partial charge in [0.1, 0.15) is 15.9 Å². The molecular formula is C9H10ClN5S2. The largest absolute Gasteiger partial charge is 0.302 e. The first-order chi connectivity index (χ1) is 8.22. The summed E-state index contributed by atoms with van der Waals surface area (Å²) in [4.78, 5) is 0. The number of nitrogens with zero attached hydrogens (tertiary/aromatic N) is 5. The number of aromatic nitrogens is 5. The van der Waals surface area contributed by atoms with Gasteiger partial charge in [0.25, 0.3) is 0 Å². The van der Waals surface area contributed by atoms with Crippen molar-refractivity contribution in [3.63, 3.8) is 0 Å². The van der Waals surface area contributed by atoms with Gasteiger partial charge in [-0.15, -0.1) is 21.9 Å². The number of halogens is 1. The molecule has 5 nitrogen and oxygen atoms in total. The van der Waals surface area contributed by atoms with E-state index in [1.807, 2.05) is 17.6 Å². The molecule has 0 aliphatic rings. The van der Waals surface area contributed by atoms with Gasteiger partial charge in [0, 0.05) is 23.8 Å². The third kappa shape index (κ3) is 2.85. The van der Waals surface area contributed by atoms with E-state index in [0.29, 0.717) is 16.6 Å². The fourth-order valence-corrected chi connectivity index (χ4v) is 2.95. The van der Waals surface area contributed by atoms with Crippen LogP contribution < -0.4 is 0 Å². The molecule has 0 saturated heterocycles. The summed E-state index contributed by atoms with van der Waals surface area (Å²) in [7, 11) is 0. The van der Waals surface area contributed by atoms with Crippen LogP contribution in [0.1, 0.15) is 11.5 Å². The summed E-state index contributed by atoms with van der Waals surface area (Å²) < 4.78 is 6.41. The summed E-state index contributed by atoms with van der Waals surface area (Å²) >= 11 is 8.67. The molecule has 0 aliphatic heterocycles. The van der Waals surface area contributed by atoms with Gasteiger partial charge >= 0.3 is 0 Å². The van der Waals surface area contributed by atoms with Gasteiger partial charge in [-0.3, -0.25) is 0 Å². The van der Waals surface area contributed by atoms with Crippen LogP contribution in [0.4, 0.5) is 0 Å². The predicted molar refractivity (Wildman–Crippen MR) is 69.4 cm³/mol. The minimum Gasteiger partial charge on any atom is -0.302 e. The molecule has 0 bridgehead atoms. The standard InChI is InChI=1S/C9H10ClN5S2/c1-3-4-15-6(2)11-13-9(15)16-5-7-8(10)17-14-12-7/h3H,1,4-5H2,2H3. The Morgan fingerprint density at radius 3 is 2.94 bits per heavy atom. The van der Waals surface area contributed by atoms with Crippen LogP contribution in [-0.2, 0) is 12.3 Å². The van der Waals surface area contributed by atoms with Crippen molar-refractivity contribution in [3.8, 4) is 0 Å². The van der Waals surface area contributed by atoms with Crippen LogP contribution in [0.2, 0.25) is 4.34 Å². The molecule has 2 rings (SSSR count). The zero-order valence-corrected chi connectivity index (χ0v) is 11.5. The lowest BCUT2D eigenvalue weighted by Gasteiger charge is -2.03. The van der Waals surface area contributed by atoms with E-state index in [0.717, 1.165) is 16.7 Å². The van der Waals surface area contributed by atoms with Gasteiger partial charge in [-0.2, -0.15) is 0 Å². The van der Waals surface area contributed by atoms with Crippen molar-refractivity contribution in [3.05, 3.63) is 28.5 Å². The number of hydrogen-bond donors (Lipinski definition) is 0. The Bertz CT molecular complexity index is 521. The van der Waals surface area contributed by atoms with E-state index in [1.165, 1.54) is 11.5 Å². The maximum Gasteiger partial charge on any atom is 0.191 e. The lowest BCUT2D eigenvalue weighted by atomic mass is 10.6. The maximum atomic E-state index is 5.93. The molecule has 17 heavy (non-hydrogen) atoms. The number of allylic oxidation sites excluding steroid dienone is 1. The van der Waals surface area contributed by atoms with Crippen LogP contribution in [0.5, 0.6) is 0 Å². The van der Waals surface area contributed by atoms with Crippen molar-refractivity contribution in [1.29, 1.82) is 0 Å². The molecule has 0 aromatic carbocycles. The molecule has 0 saturated carbocycles. The molecule has 90 valence electrons. The Kier molecular flexibility index (Phi) is 4.14. The van der Waals surface area contributed by atoms with Crippen molar-refractivity contribution in [1.82, 2.24) is 24.4 Å². The number of hydrogen-bond acceptors (Lipinski definition) is 6. The third-order valence-electron chi connectivity index (χ3n) is 2.06. The molecule has 0 N–H and O–H groups in total. The van der Waals surface area contributed by atoms with E-state index in [1.54, 1.807) is 11.8 Å². The summed E-state index contributed by atoms with van der Waals surface area (Å²) in [6.07, 6.45) is 1.82. The first-order valence-corrected chi connectivity index (χ1v) is 6.96. The predicted octanol–water partition coefficient (Wildman–Crippen LogP) is 2.57. The van der Waals surface area contributed by atoms with Gasteiger partial charge in [0.05, 0.1) is 0 Å². The number of rotatable bonds is 5. The Morgan fingerprint density at radius 2 is 2.29 bits per heavy atom. The minimum absolute atomic E-state index is 0.629.